The number of carbonyl (C=O) groups is 4. The molecule has 0 aliphatic carbocycles. The van der Waals surface area contributed by atoms with Crippen LogP contribution in [0.4, 0.5) is 9.59 Å². The van der Waals surface area contributed by atoms with Crippen LogP contribution in [0.1, 0.15) is 15.9 Å². The number of urea groups is 1. The summed E-state index contributed by atoms with van der Waals surface area (Å²) in [5, 5.41) is 36.9. The van der Waals surface area contributed by atoms with E-state index >= 15 is 0 Å². The Kier molecular flexibility index (Phi) is 9.24. The zero-order valence-electron chi connectivity index (χ0n) is 17.3. The maximum atomic E-state index is 12.2. The molecule has 1 heterocycles. The van der Waals surface area contributed by atoms with Crippen molar-refractivity contribution in [3.05, 3.63) is 53.9 Å². The van der Waals surface area contributed by atoms with E-state index in [1.807, 2.05) is 0 Å². The summed E-state index contributed by atoms with van der Waals surface area (Å²) in [5.74, 6) is -2.46. The first kappa shape index (κ1) is 24.7. The second kappa shape index (κ2) is 12.3. The van der Waals surface area contributed by atoms with Gasteiger partial charge in [-0.3, -0.25) is 9.78 Å². The van der Waals surface area contributed by atoms with Crippen LogP contribution in [-0.2, 0) is 11.3 Å². The van der Waals surface area contributed by atoms with Crippen molar-refractivity contribution in [3.63, 3.8) is 0 Å². The van der Waals surface area contributed by atoms with E-state index in [1.54, 1.807) is 29.8 Å². The molecule has 0 radical (unpaired) electrons. The van der Waals surface area contributed by atoms with E-state index in [9.17, 15) is 24.3 Å². The SMILES string of the molecule is O=C(O)NC(CNC(=O)c1ccc(OCCNC(=O)NCc2ccncc2)cc1O)C(=O)O. The van der Waals surface area contributed by atoms with E-state index in [-0.39, 0.29) is 30.5 Å². The first-order valence-electron chi connectivity index (χ1n) is 9.63. The van der Waals surface area contributed by atoms with Gasteiger partial charge in [-0.25, -0.2) is 14.4 Å². The average Bonchev–Trinajstić information content (AvgIpc) is 2.78. The minimum absolute atomic E-state index is 0.0921. The van der Waals surface area contributed by atoms with Gasteiger partial charge < -0.3 is 41.3 Å². The van der Waals surface area contributed by atoms with Gasteiger partial charge in [-0.2, -0.15) is 0 Å². The van der Waals surface area contributed by atoms with Gasteiger partial charge in [-0.15, -0.1) is 0 Å². The van der Waals surface area contributed by atoms with E-state index in [0.29, 0.717) is 6.54 Å². The second-order valence-corrected chi connectivity index (χ2v) is 6.54. The molecule has 0 aliphatic rings. The quantitative estimate of drug-likeness (QED) is 0.227. The molecule has 176 valence electrons. The van der Waals surface area contributed by atoms with E-state index in [2.05, 4.69) is 20.9 Å². The van der Waals surface area contributed by atoms with Gasteiger partial charge in [-0.1, -0.05) is 0 Å². The van der Waals surface area contributed by atoms with Crippen molar-refractivity contribution in [2.24, 2.45) is 0 Å². The van der Waals surface area contributed by atoms with Crippen molar-refractivity contribution >= 4 is 24.0 Å². The van der Waals surface area contributed by atoms with Crippen molar-refractivity contribution in [1.29, 1.82) is 0 Å². The van der Waals surface area contributed by atoms with Crippen LogP contribution in [0, 0.1) is 0 Å². The molecular formula is C20H23N5O8. The van der Waals surface area contributed by atoms with Crippen molar-refractivity contribution in [3.8, 4) is 11.5 Å². The number of pyridine rings is 1. The molecular weight excluding hydrogens is 438 g/mol. The van der Waals surface area contributed by atoms with Crippen LogP contribution in [-0.4, -0.2) is 70.0 Å². The van der Waals surface area contributed by atoms with Gasteiger partial charge in [0.05, 0.1) is 12.1 Å². The smallest absolute Gasteiger partial charge is 0.405 e. The predicted molar refractivity (Wildman–Crippen MR) is 113 cm³/mol. The van der Waals surface area contributed by atoms with Gasteiger partial charge >= 0.3 is 18.1 Å². The van der Waals surface area contributed by atoms with E-state index < -0.39 is 36.3 Å². The molecule has 1 aromatic heterocycles. The summed E-state index contributed by atoms with van der Waals surface area (Å²) < 4.78 is 5.41. The molecule has 0 spiro atoms. The summed E-state index contributed by atoms with van der Waals surface area (Å²) in [6, 6.07) is 5.46. The molecule has 4 amide bonds. The summed E-state index contributed by atoms with van der Waals surface area (Å²) in [4.78, 5) is 49.4. The van der Waals surface area contributed by atoms with Crippen LogP contribution < -0.4 is 26.0 Å². The Labute approximate surface area is 187 Å². The van der Waals surface area contributed by atoms with Crippen LogP contribution in [0.15, 0.2) is 42.7 Å². The highest BCUT2D eigenvalue weighted by atomic mass is 16.5. The minimum Gasteiger partial charge on any atom is -0.507 e. The standard InChI is InChI=1S/C20H23N5O8/c26-16-9-13(33-8-7-22-19(30)24-10-12-3-5-21-6-4-12)1-2-14(16)17(27)23-11-15(18(28)29)25-20(31)32/h1-6,9,15,25-26H,7-8,10-11H2,(H,23,27)(H,28,29)(H,31,32)(H2,22,24,30). The number of aliphatic carboxylic acids is 1. The Morgan fingerprint density at radius 1 is 1.00 bits per heavy atom. The summed E-state index contributed by atoms with van der Waals surface area (Å²) in [6.07, 6.45) is 1.69. The highest BCUT2D eigenvalue weighted by Gasteiger charge is 2.21. The zero-order valence-corrected chi connectivity index (χ0v) is 17.3. The second-order valence-electron chi connectivity index (χ2n) is 6.54. The zero-order chi connectivity index (χ0) is 24.2. The number of aromatic nitrogens is 1. The number of nitrogens with one attached hydrogen (secondary N) is 4. The van der Waals surface area contributed by atoms with Crippen molar-refractivity contribution < 1.29 is 39.2 Å². The number of amides is 4. The Morgan fingerprint density at radius 2 is 1.73 bits per heavy atom. The largest absolute Gasteiger partial charge is 0.507 e. The Balaban J connectivity index is 1.75. The summed E-state index contributed by atoms with van der Waals surface area (Å²) in [5.41, 5.74) is 0.739. The number of carbonyl (C=O) groups excluding carboxylic acids is 2. The molecule has 1 atom stereocenters. The molecule has 1 aromatic carbocycles. The molecule has 0 bridgehead atoms. The number of carboxylic acid groups (broad SMARTS) is 2. The molecule has 2 rings (SSSR count). The van der Waals surface area contributed by atoms with Crippen LogP contribution in [0.2, 0.25) is 0 Å². The molecule has 1 unspecified atom stereocenters. The van der Waals surface area contributed by atoms with Crippen LogP contribution in [0.25, 0.3) is 0 Å². The van der Waals surface area contributed by atoms with E-state index in [1.165, 1.54) is 18.2 Å². The lowest BCUT2D eigenvalue weighted by molar-refractivity contribution is -0.139. The average molecular weight is 461 g/mol. The fraction of sp³-hybridized carbons (Fsp3) is 0.250. The van der Waals surface area contributed by atoms with Crippen LogP contribution in [0.3, 0.4) is 0 Å². The number of phenolic OH excluding ortho intramolecular Hbond substituents is 1. The first-order valence-corrected chi connectivity index (χ1v) is 9.63. The number of aromatic hydroxyl groups is 1. The third-order valence-electron chi connectivity index (χ3n) is 4.14. The topological polar surface area (TPSA) is 199 Å². The molecule has 0 aliphatic heterocycles. The highest BCUT2D eigenvalue weighted by molar-refractivity contribution is 5.97. The Hall–Kier alpha value is -4.55. The van der Waals surface area contributed by atoms with Gasteiger partial charge in [0.2, 0.25) is 0 Å². The van der Waals surface area contributed by atoms with Crippen molar-refractivity contribution in [2.45, 2.75) is 12.6 Å². The number of benzene rings is 1. The fourth-order valence-corrected chi connectivity index (χ4v) is 2.51. The fourth-order valence-electron chi connectivity index (χ4n) is 2.51. The molecule has 0 saturated carbocycles. The van der Waals surface area contributed by atoms with Gasteiger partial charge in [0.1, 0.15) is 24.1 Å². The number of phenols is 1. The summed E-state index contributed by atoms with van der Waals surface area (Å²) in [6.45, 7) is 0.0897. The third kappa shape index (κ3) is 8.61. The molecule has 0 saturated heterocycles. The van der Waals surface area contributed by atoms with Gasteiger partial charge in [0.15, 0.2) is 0 Å². The molecule has 2 aromatic rings. The van der Waals surface area contributed by atoms with Gasteiger partial charge in [0.25, 0.3) is 5.91 Å². The molecule has 7 N–H and O–H groups in total. The first-order chi connectivity index (χ1) is 15.8. The van der Waals surface area contributed by atoms with Gasteiger partial charge in [0, 0.05) is 31.5 Å². The lowest BCUT2D eigenvalue weighted by Crippen LogP contribution is -2.48. The molecule has 13 nitrogen and oxygen atoms in total. The van der Waals surface area contributed by atoms with E-state index in [4.69, 9.17) is 14.9 Å². The summed E-state index contributed by atoms with van der Waals surface area (Å²) >= 11 is 0. The molecule has 13 heteroatoms. The maximum absolute atomic E-state index is 12.2. The Morgan fingerprint density at radius 3 is 2.36 bits per heavy atom. The van der Waals surface area contributed by atoms with Crippen molar-refractivity contribution in [2.75, 3.05) is 19.7 Å². The summed E-state index contributed by atoms with van der Waals surface area (Å²) in [7, 11) is 0. The number of ether oxygens (including phenoxy) is 1. The monoisotopic (exact) mass is 461 g/mol. The number of hydrogen-bond donors (Lipinski definition) is 7. The van der Waals surface area contributed by atoms with Gasteiger partial charge in [-0.05, 0) is 29.8 Å². The van der Waals surface area contributed by atoms with Crippen LogP contribution >= 0.6 is 0 Å². The highest BCUT2D eigenvalue weighted by Crippen LogP contribution is 2.23. The number of hydrogen-bond acceptors (Lipinski definition) is 7. The molecule has 33 heavy (non-hydrogen) atoms. The normalized spacial score (nSPS) is 11.0. The lowest BCUT2D eigenvalue weighted by Gasteiger charge is -2.14. The minimum atomic E-state index is -1.55. The van der Waals surface area contributed by atoms with Crippen molar-refractivity contribution in [1.82, 2.24) is 26.3 Å². The molecule has 0 fully saturated rings. The number of rotatable bonds is 11. The predicted octanol–water partition coefficient (Wildman–Crippen LogP) is 0.116. The Bertz CT molecular complexity index is 986. The van der Waals surface area contributed by atoms with E-state index in [0.717, 1.165) is 5.56 Å². The maximum Gasteiger partial charge on any atom is 0.405 e. The third-order valence-corrected chi connectivity index (χ3v) is 4.14. The lowest BCUT2D eigenvalue weighted by atomic mass is 10.1. The number of carboxylic acids is 1. The number of nitrogens with zero attached hydrogens (tertiary/aromatic N) is 1. The van der Waals surface area contributed by atoms with Crippen LogP contribution in [0.5, 0.6) is 11.5 Å².